The van der Waals surface area contributed by atoms with Crippen LogP contribution in [0.15, 0.2) is 23.1 Å². The van der Waals surface area contributed by atoms with Crippen LogP contribution < -0.4 is 0 Å². The second-order valence-electron chi connectivity index (χ2n) is 5.13. The number of rotatable bonds is 4. The maximum absolute atomic E-state index is 13.2. The minimum Gasteiger partial charge on any atom is -0.481 e. The van der Waals surface area contributed by atoms with Crippen molar-refractivity contribution < 1.29 is 27.1 Å². The van der Waals surface area contributed by atoms with E-state index in [2.05, 4.69) is 0 Å². The Bertz CT molecular complexity index is 656. The van der Waals surface area contributed by atoms with Gasteiger partial charge in [0.15, 0.2) is 0 Å². The van der Waals surface area contributed by atoms with E-state index in [0.717, 1.165) is 16.4 Å². The quantitative estimate of drug-likeness (QED) is 0.919. The maximum Gasteiger partial charge on any atom is 0.311 e. The topological polar surface area (TPSA) is 74.7 Å². The summed E-state index contributed by atoms with van der Waals surface area (Å²) in [6.45, 7) is 1.49. The first kappa shape index (κ1) is 15.8. The summed E-state index contributed by atoms with van der Waals surface area (Å²) < 4.78 is 52.1. The summed E-state index contributed by atoms with van der Waals surface area (Å²) in [6.07, 6.45) is 0.460. The molecule has 1 aliphatic heterocycles. The van der Waals surface area contributed by atoms with Gasteiger partial charge >= 0.3 is 5.97 Å². The Morgan fingerprint density at radius 1 is 1.33 bits per heavy atom. The molecule has 0 amide bonds. The second-order valence-corrected chi connectivity index (χ2v) is 7.07. The number of carboxylic acids is 1. The van der Waals surface area contributed by atoms with Gasteiger partial charge in [0.25, 0.3) is 0 Å². The molecule has 0 aliphatic carbocycles. The zero-order valence-corrected chi connectivity index (χ0v) is 12.2. The van der Waals surface area contributed by atoms with Crippen molar-refractivity contribution >= 4 is 16.0 Å². The fourth-order valence-electron chi connectivity index (χ4n) is 2.48. The third-order valence-electron chi connectivity index (χ3n) is 3.92. The predicted molar refractivity (Wildman–Crippen MR) is 70.1 cm³/mol. The highest BCUT2D eigenvalue weighted by atomic mass is 32.2. The van der Waals surface area contributed by atoms with Crippen molar-refractivity contribution in [1.29, 1.82) is 0 Å². The second kappa shape index (κ2) is 5.34. The first-order valence-corrected chi connectivity index (χ1v) is 7.85. The van der Waals surface area contributed by atoms with E-state index in [1.807, 2.05) is 0 Å². The van der Waals surface area contributed by atoms with E-state index in [0.29, 0.717) is 6.07 Å². The molecule has 0 bridgehead atoms. The van der Waals surface area contributed by atoms with Gasteiger partial charge in [-0.1, -0.05) is 6.92 Å². The van der Waals surface area contributed by atoms with E-state index in [4.69, 9.17) is 0 Å². The highest BCUT2D eigenvalue weighted by molar-refractivity contribution is 7.89. The van der Waals surface area contributed by atoms with Crippen molar-refractivity contribution in [3.05, 3.63) is 29.8 Å². The summed E-state index contributed by atoms with van der Waals surface area (Å²) in [6, 6.07) is 2.03. The van der Waals surface area contributed by atoms with Gasteiger partial charge < -0.3 is 5.11 Å². The molecule has 1 N–H and O–H groups in total. The van der Waals surface area contributed by atoms with Gasteiger partial charge in [-0.05, 0) is 25.0 Å². The molecule has 21 heavy (non-hydrogen) atoms. The van der Waals surface area contributed by atoms with Crippen molar-refractivity contribution in [1.82, 2.24) is 4.31 Å². The third kappa shape index (κ3) is 2.77. The number of aliphatic carboxylic acids is 1. The number of carbonyl (C=O) groups is 1. The Morgan fingerprint density at radius 3 is 2.33 bits per heavy atom. The fraction of sp³-hybridized carbons (Fsp3) is 0.462. The van der Waals surface area contributed by atoms with Gasteiger partial charge in [0.2, 0.25) is 10.0 Å². The molecule has 1 saturated heterocycles. The van der Waals surface area contributed by atoms with Crippen molar-refractivity contribution in [3.63, 3.8) is 0 Å². The monoisotopic (exact) mass is 319 g/mol. The van der Waals surface area contributed by atoms with Crippen molar-refractivity contribution in [2.75, 3.05) is 13.1 Å². The third-order valence-corrected chi connectivity index (χ3v) is 5.75. The molecule has 1 aromatic rings. The largest absolute Gasteiger partial charge is 0.481 e. The van der Waals surface area contributed by atoms with Crippen LogP contribution in [0.3, 0.4) is 0 Å². The number of benzene rings is 1. The molecular formula is C13H15F2NO4S. The number of sulfonamides is 1. The molecule has 5 nitrogen and oxygen atoms in total. The van der Waals surface area contributed by atoms with E-state index < -0.39 is 37.9 Å². The SMILES string of the molecule is CCC1(C(=O)O)CCN(S(=O)(=O)c2cc(F)cc(F)c2)C1. The van der Waals surface area contributed by atoms with E-state index in [1.165, 1.54) is 0 Å². The molecule has 2 rings (SSSR count). The minimum atomic E-state index is -4.11. The summed E-state index contributed by atoms with van der Waals surface area (Å²) in [5.74, 6) is -3.05. The zero-order chi connectivity index (χ0) is 15.8. The molecule has 0 aromatic heterocycles. The zero-order valence-electron chi connectivity index (χ0n) is 11.3. The predicted octanol–water partition coefficient (Wildman–Crippen LogP) is 1.84. The van der Waals surface area contributed by atoms with Gasteiger partial charge in [0.05, 0.1) is 10.3 Å². The highest BCUT2D eigenvalue weighted by Crippen LogP contribution is 2.37. The maximum atomic E-state index is 13.2. The van der Waals surface area contributed by atoms with E-state index >= 15 is 0 Å². The number of nitrogens with zero attached hydrogens (tertiary/aromatic N) is 1. The van der Waals surface area contributed by atoms with Crippen molar-refractivity contribution in [2.45, 2.75) is 24.7 Å². The van der Waals surface area contributed by atoms with Crippen LogP contribution >= 0.6 is 0 Å². The van der Waals surface area contributed by atoms with Gasteiger partial charge in [0.1, 0.15) is 11.6 Å². The molecule has 1 aliphatic rings. The average Bonchev–Trinajstić information content (AvgIpc) is 2.84. The standard InChI is InChI=1S/C13H15F2NO4S/c1-2-13(12(17)18)3-4-16(8-13)21(19,20)11-6-9(14)5-10(15)7-11/h5-7H,2-4,8H2,1H3,(H,17,18). The summed E-state index contributed by atoms with van der Waals surface area (Å²) in [7, 11) is -4.11. The Labute approximate surface area is 121 Å². The molecule has 0 spiro atoms. The molecule has 1 unspecified atom stereocenters. The summed E-state index contributed by atoms with van der Waals surface area (Å²) in [4.78, 5) is 10.8. The first-order valence-electron chi connectivity index (χ1n) is 6.41. The van der Waals surface area contributed by atoms with Crippen molar-refractivity contribution in [2.24, 2.45) is 5.41 Å². The lowest BCUT2D eigenvalue weighted by Crippen LogP contribution is -2.36. The molecule has 1 heterocycles. The molecule has 1 aromatic carbocycles. The molecule has 116 valence electrons. The normalized spacial score (nSPS) is 23.4. The van der Waals surface area contributed by atoms with Crippen LogP contribution in [0.2, 0.25) is 0 Å². The average molecular weight is 319 g/mol. The Morgan fingerprint density at radius 2 is 1.90 bits per heavy atom. The number of carboxylic acid groups (broad SMARTS) is 1. The van der Waals surface area contributed by atoms with Crippen LogP contribution in [0.25, 0.3) is 0 Å². The van der Waals surface area contributed by atoms with Gasteiger partial charge in [0, 0.05) is 19.2 Å². The molecule has 0 radical (unpaired) electrons. The van der Waals surface area contributed by atoms with Crippen LogP contribution in [-0.4, -0.2) is 36.9 Å². The highest BCUT2D eigenvalue weighted by Gasteiger charge is 2.47. The minimum absolute atomic E-state index is 0.0145. The van der Waals surface area contributed by atoms with E-state index in [-0.39, 0.29) is 25.9 Å². The van der Waals surface area contributed by atoms with Gasteiger partial charge in [-0.15, -0.1) is 0 Å². The molecule has 0 saturated carbocycles. The summed E-state index contributed by atoms with van der Waals surface area (Å²) >= 11 is 0. The first-order chi connectivity index (χ1) is 9.71. The lowest BCUT2D eigenvalue weighted by molar-refractivity contribution is -0.148. The number of hydrogen-bond acceptors (Lipinski definition) is 3. The van der Waals surface area contributed by atoms with Gasteiger partial charge in [-0.25, -0.2) is 17.2 Å². The van der Waals surface area contributed by atoms with Crippen LogP contribution in [0.5, 0.6) is 0 Å². The van der Waals surface area contributed by atoms with E-state index in [9.17, 15) is 27.1 Å². The molecule has 8 heteroatoms. The smallest absolute Gasteiger partial charge is 0.311 e. The van der Waals surface area contributed by atoms with Crippen LogP contribution in [0.1, 0.15) is 19.8 Å². The summed E-state index contributed by atoms with van der Waals surface area (Å²) in [5, 5.41) is 9.26. The van der Waals surface area contributed by atoms with E-state index in [1.54, 1.807) is 6.92 Å². The Balaban J connectivity index is 2.36. The lowest BCUT2D eigenvalue weighted by Gasteiger charge is -2.23. The fourth-order valence-corrected chi connectivity index (χ4v) is 4.05. The molecular weight excluding hydrogens is 304 g/mol. The summed E-state index contributed by atoms with van der Waals surface area (Å²) in [5.41, 5.74) is -1.14. The number of hydrogen-bond donors (Lipinski definition) is 1. The van der Waals surface area contributed by atoms with Crippen LogP contribution in [0.4, 0.5) is 8.78 Å². The molecule has 1 atom stereocenters. The van der Waals surface area contributed by atoms with Gasteiger partial charge in [-0.3, -0.25) is 4.79 Å². The van der Waals surface area contributed by atoms with Crippen molar-refractivity contribution in [3.8, 4) is 0 Å². The number of halogens is 2. The van der Waals surface area contributed by atoms with Crippen LogP contribution in [0, 0.1) is 17.0 Å². The Hall–Kier alpha value is -1.54. The Kier molecular flexibility index (Phi) is 4.03. The lowest BCUT2D eigenvalue weighted by atomic mass is 9.85. The van der Waals surface area contributed by atoms with Crippen LogP contribution in [-0.2, 0) is 14.8 Å². The van der Waals surface area contributed by atoms with Gasteiger partial charge in [-0.2, -0.15) is 4.31 Å². The molecule has 1 fully saturated rings.